The first-order valence-corrected chi connectivity index (χ1v) is 9.16. The number of rotatable bonds is 5. The van der Waals surface area contributed by atoms with Crippen molar-refractivity contribution in [2.75, 3.05) is 5.75 Å². The van der Waals surface area contributed by atoms with Crippen molar-refractivity contribution in [1.82, 2.24) is 9.55 Å². The van der Waals surface area contributed by atoms with Crippen LogP contribution in [0.1, 0.15) is 27.9 Å². The third-order valence-electron chi connectivity index (χ3n) is 4.39. The number of fused-ring (bicyclic) bond motifs is 1. The van der Waals surface area contributed by atoms with Crippen LogP contribution in [0.5, 0.6) is 0 Å². The highest BCUT2D eigenvalue weighted by Crippen LogP contribution is 2.25. The molecule has 0 saturated heterocycles. The Bertz CT molecular complexity index is 870. The summed E-state index contributed by atoms with van der Waals surface area (Å²) in [7, 11) is 0. The second-order valence-electron chi connectivity index (χ2n) is 5.96. The molecule has 120 valence electrons. The Kier molecular flexibility index (Phi) is 4.22. The van der Waals surface area contributed by atoms with E-state index in [1.165, 1.54) is 29.3 Å². The number of nitrogens with zero attached hydrogens (tertiary/aromatic N) is 2. The first-order valence-electron chi connectivity index (χ1n) is 8.18. The highest BCUT2D eigenvalue weighted by Gasteiger charge is 2.15. The smallest absolute Gasteiger partial charge is 0.173 e. The van der Waals surface area contributed by atoms with E-state index in [0.29, 0.717) is 5.75 Å². The van der Waals surface area contributed by atoms with E-state index in [9.17, 15) is 4.79 Å². The van der Waals surface area contributed by atoms with Gasteiger partial charge in [-0.25, -0.2) is 4.98 Å². The fourth-order valence-electron chi connectivity index (χ4n) is 3.14. The third-order valence-corrected chi connectivity index (χ3v) is 5.36. The molecule has 2 aromatic carbocycles. The lowest BCUT2D eigenvalue weighted by Gasteiger charge is -2.07. The van der Waals surface area contributed by atoms with Crippen LogP contribution in [-0.4, -0.2) is 21.1 Å². The molecule has 0 radical (unpaired) electrons. The number of carbonyl (C=O) groups excluding carboxylic acids is 1. The lowest BCUT2D eigenvalue weighted by molar-refractivity contribution is 0.102. The molecular formula is C20H18N2OS. The molecule has 24 heavy (non-hydrogen) atoms. The Hall–Kier alpha value is -2.33. The van der Waals surface area contributed by atoms with E-state index in [2.05, 4.69) is 17.1 Å². The Balaban J connectivity index is 1.48. The predicted molar refractivity (Wildman–Crippen MR) is 97.1 cm³/mol. The van der Waals surface area contributed by atoms with Crippen molar-refractivity contribution >= 4 is 17.5 Å². The Labute approximate surface area is 145 Å². The fourth-order valence-corrected chi connectivity index (χ4v) is 4.01. The van der Waals surface area contributed by atoms with E-state index in [-0.39, 0.29) is 5.78 Å². The second kappa shape index (κ2) is 6.65. The summed E-state index contributed by atoms with van der Waals surface area (Å²) in [6.07, 6.45) is 7.15. The maximum Gasteiger partial charge on any atom is 0.173 e. The molecule has 0 N–H and O–H groups in total. The van der Waals surface area contributed by atoms with Gasteiger partial charge in [-0.2, -0.15) is 0 Å². The molecule has 1 aromatic heterocycles. The number of benzene rings is 2. The summed E-state index contributed by atoms with van der Waals surface area (Å²) in [6.45, 7) is 0. The van der Waals surface area contributed by atoms with Crippen molar-refractivity contribution < 1.29 is 4.79 Å². The number of Topliss-reactive ketones (excluding diaryl/α,β-unsaturated/α-hetero) is 1. The number of thioether (sulfide) groups is 1. The molecule has 4 heteroatoms. The van der Waals surface area contributed by atoms with Gasteiger partial charge in [-0.15, -0.1) is 0 Å². The first kappa shape index (κ1) is 15.2. The number of ketones is 1. The molecule has 3 nitrogen and oxygen atoms in total. The molecule has 1 heterocycles. The summed E-state index contributed by atoms with van der Waals surface area (Å²) in [5, 5.41) is 0.843. The molecule has 4 rings (SSSR count). The molecule has 0 bridgehead atoms. The summed E-state index contributed by atoms with van der Waals surface area (Å²) in [4.78, 5) is 16.9. The van der Waals surface area contributed by atoms with Gasteiger partial charge >= 0.3 is 0 Å². The van der Waals surface area contributed by atoms with Crippen LogP contribution in [0, 0.1) is 0 Å². The Morgan fingerprint density at radius 1 is 1.08 bits per heavy atom. The number of aryl methyl sites for hydroxylation is 2. The molecule has 1 aliphatic rings. The van der Waals surface area contributed by atoms with Crippen LogP contribution in [0.15, 0.2) is 66.1 Å². The number of carbonyl (C=O) groups is 1. The zero-order valence-corrected chi connectivity index (χ0v) is 14.1. The van der Waals surface area contributed by atoms with E-state index in [1.807, 2.05) is 47.2 Å². The maximum atomic E-state index is 12.5. The second-order valence-corrected chi connectivity index (χ2v) is 6.91. The van der Waals surface area contributed by atoms with Crippen molar-refractivity contribution in [1.29, 1.82) is 0 Å². The van der Waals surface area contributed by atoms with E-state index < -0.39 is 0 Å². The van der Waals surface area contributed by atoms with E-state index in [0.717, 1.165) is 29.2 Å². The summed E-state index contributed by atoms with van der Waals surface area (Å²) in [5.74, 6) is 0.570. The zero-order valence-electron chi connectivity index (χ0n) is 13.3. The van der Waals surface area contributed by atoms with E-state index >= 15 is 0 Å². The number of hydrogen-bond donors (Lipinski definition) is 0. The number of hydrogen-bond acceptors (Lipinski definition) is 3. The fraction of sp³-hybridized carbons (Fsp3) is 0.200. The van der Waals surface area contributed by atoms with Gasteiger partial charge in [0.05, 0.1) is 5.75 Å². The average Bonchev–Trinajstić information content (AvgIpc) is 3.28. The maximum absolute atomic E-state index is 12.5. The molecule has 3 aromatic rings. The van der Waals surface area contributed by atoms with Crippen LogP contribution in [0.2, 0.25) is 0 Å². The SMILES string of the molecule is O=C(CSc1nccn1-c1ccccc1)c1ccc2c(c1)CCC2. The minimum atomic E-state index is 0.164. The van der Waals surface area contributed by atoms with Crippen LogP contribution in [-0.2, 0) is 12.8 Å². The van der Waals surface area contributed by atoms with Crippen molar-refractivity contribution in [2.45, 2.75) is 24.4 Å². The van der Waals surface area contributed by atoms with E-state index in [1.54, 1.807) is 6.20 Å². The molecule has 0 saturated carbocycles. The van der Waals surface area contributed by atoms with Gasteiger partial charge in [0.15, 0.2) is 10.9 Å². The molecule has 0 fully saturated rings. The zero-order chi connectivity index (χ0) is 16.4. The molecule has 0 aliphatic heterocycles. The summed E-state index contributed by atoms with van der Waals surface area (Å²) in [5.41, 5.74) is 4.62. The average molecular weight is 334 g/mol. The standard InChI is InChI=1S/C20H18N2OS/c23-19(17-10-9-15-5-4-6-16(15)13-17)14-24-20-21-11-12-22(20)18-7-2-1-3-8-18/h1-3,7-13H,4-6,14H2. The quantitative estimate of drug-likeness (QED) is 0.514. The number of aromatic nitrogens is 2. The molecule has 1 aliphatic carbocycles. The van der Waals surface area contributed by atoms with Gasteiger partial charge in [0, 0.05) is 23.6 Å². The van der Waals surface area contributed by atoms with Gasteiger partial charge < -0.3 is 0 Å². The minimum absolute atomic E-state index is 0.164. The molecule has 0 atom stereocenters. The summed E-state index contributed by atoms with van der Waals surface area (Å²) >= 11 is 1.49. The van der Waals surface area contributed by atoms with Crippen molar-refractivity contribution in [3.8, 4) is 5.69 Å². The van der Waals surface area contributed by atoms with Gasteiger partial charge in [-0.3, -0.25) is 9.36 Å². The van der Waals surface area contributed by atoms with Crippen molar-refractivity contribution in [2.24, 2.45) is 0 Å². The number of para-hydroxylation sites is 1. The lowest BCUT2D eigenvalue weighted by atomic mass is 10.0. The number of imidazole rings is 1. The van der Waals surface area contributed by atoms with Crippen LogP contribution in [0.3, 0.4) is 0 Å². The highest BCUT2D eigenvalue weighted by molar-refractivity contribution is 7.99. The summed E-state index contributed by atoms with van der Waals surface area (Å²) < 4.78 is 2.01. The van der Waals surface area contributed by atoms with Crippen LogP contribution in [0.25, 0.3) is 5.69 Å². The van der Waals surface area contributed by atoms with Gasteiger partial charge in [0.2, 0.25) is 0 Å². The molecule has 0 unspecified atom stereocenters. The van der Waals surface area contributed by atoms with Crippen molar-refractivity contribution in [3.63, 3.8) is 0 Å². The lowest BCUT2D eigenvalue weighted by Crippen LogP contribution is -2.05. The normalized spacial score (nSPS) is 13.0. The van der Waals surface area contributed by atoms with Crippen molar-refractivity contribution in [3.05, 3.63) is 77.6 Å². The van der Waals surface area contributed by atoms with Gasteiger partial charge in [-0.05, 0) is 48.6 Å². The van der Waals surface area contributed by atoms with E-state index in [4.69, 9.17) is 0 Å². The Morgan fingerprint density at radius 3 is 2.79 bits per heavy atom. The molecular weight excluding hydrogens is 316 g/mol. The monoisotopic (exact) mass is 334 g/mol. The molecule has 0 spiro atoms. The van der Waals surface area contributed by atoms with Crippen LogP contribution < -0.4 is 0 Å². The van der Waals surface area contributed by atoms with Gasteiger partial charge in [0.25, 0.3) is 0 Å². The van der Waals surface area contributed by atoms with Crippen LogP contribution >= 0.6 is 11.8 Å². The first-order chi connectivity index (χ1) is 11.8. The molecule has 0 amide bonds. The van der Waals surface area contributed by atoms with Gasteiger partial charge in [-0.1, -0.05) is 42.1 Å². The highest BCUT2D eigenvalue weighted by atomic mass is 32.2. The predicted octanol–water partition coefficient (Wildman–Crippen LogP) is 4.34. The largest absolute Gasteiger partial charge is 0.295 e. The Morgan fingerprint density at radius 2 is 1.92 bits per heavy atom. The topological polar surface area (TPSA) is 34.9 Å². The minimum Gasteiger partial charge on any atom is -0.295 e. The summed E-state index contributed by atoms with van der Waals surface area (Å²) in [6, 6.07) is 16.2. The van der Waals surface area contributed by atoms with Crippen LogP contribution in [0.4, 0.5) is 0 Å². The van der Waals surface area contributed by atoms with Gasteiger partial charge in [0.1, 0.15) is 0 Å². The third kappa shape index (κ3) is 3.02.